The molecule has 4 heteroatoms. The van der Waals surface area contributed by atoms with Gasteiger partial charge in [0.15, 0.2) is 0 Å². The van der Waals surface area contributed by atoms with E-state index in [1.807, 2.05) is 0 Å². The number of hydrogen-bond acceptors (Lipinski definition) is 4. The van der Waals surface area contributed by atoms with E-state index in [9.17, 15) is 0 Å². The molecule has 0 N–H and O–H groups in total. The predicted octanol–water partition coefficient (Wildman–Crippen LogP) is 3.63. The average molecular weight is 381 g/mol. The summed E-state index contributed by atoms with van der Waals surface area (Å²) < 4.78 is 0. The van der Waals surface area contributed by atoms with Crippen LogP contribution in [0.25, 0.3) is 0 Å². The topological polar surface area (TPSA) is 12.7 Å². The van der Waals surface area contributed by atoms with Gasteiger partial charge in [-0.05, 0) is 117 Å². The summed E-state index contributed by atoms with van der Waals surface area (Å²) in [6.45, 7) is 15.2. The van der Waals surface area contributed by atoms with Gasteiger partial charge in [0.1, 0.15) is 0 Å². The highest BCUT2D eigenvalue weighted by atomic mass is 15.3. The summed E-state index contributed by atoms with van der Waals surface area (Å²) in [6, 6.07) is 0. The summed E-state index contributed by atoms with van der Waals surface area (Å²) in [5, 5.41) is 0. The van der Waals surface area contributed by atoms with Gasteiger partial charge in [0, 0.05) is 13.1 Å². The zero-order chi connectivity index (χ0) is 19.3. The minimum absolute atomic E-state index is 1.09. The SMILES string of the molecule is CCN(CCCCN(C)CCCC1CC1)CCCCN(C)CCCN1CC1. The van der Waals surface area contributed by atoms with Crippen LogP contribution in [0.15, 0.2) is 0 Å². The zero-order valence-corrected chi connectivity index (χ0v) is 18.8. The summed E-state index contributed by atoms with van der Waals surface area (Å²) in [4.78, 5) is 10.3. The van der Waals surface area contributed by atoms with E-state index in [0.29, 0.717) is 0 Å². The third kappa shape index (κ3) is 12.8. The van der Waals surface area contributed by atoms with Crippen LogP contribution in [0.2, 0.25) is 0 Å². The van der Waals surface area contributed by atoms with E-state index in [-0.39, 0.29) is 0 Å². The second-order valence-corrected chi connectivity index (χ2v) is 9.24. The molecule has 0 aromatic carbocycles. The lowest BCUT2D eigenvalue weighted by Gasteiger charge is -2.22. The van der Waals surface area contributed by atoms with Crippen LogP contribution in [0.5, 0.6) is 0 Å². The molecule has 160 valence electrons. The largest absolute Gasteiger partial charge is 0.306 e. The molecule has 4 nitrogen and oxygen atoms in total. The highest BCUT2D eigenvalue weighted by Crippen LogP contribution is 2.33. The van der Waals surface area contributed by atoms with E-state index in [2.05, 4.69) is 40.6 Å². The van der Waals surface area contributed by atoms with Gasteiger partial charge in [-0.15, -0.1) is 0 Å². The van der Waals surface area contributed by atoms with Crippen LogP contribution in [0, 0.1) is 5.92 Å². The number of rotatable bonds is 19. The molecule has 1 aliphatic carbocycles. The molecule has 1 aliphatic heterocycles. The van der Waals surface area contributed by atoms with Gasteiger partial charge < -0.3 is 19.6 Å². The lowest BCUT2D eigenvalue weighted by Crippen LogP contribution is -2.28. The molecule has 1 saturated heterocycles. The van der Waals surface area contributed by atoms with E-state index in [1.165, 1.54) is 123 Å². The second-order valence-electron chi connectivity index (χ2n) is 9.24. The first kappa shape index (κ1) is 23.1. The minimum Gasteiger partial charge on any atom is -0.306 e. The summed E-state index contributed by atoms with van der Waals surface area (Å²) in [5.41, 5.74) is 0. The van der Waals surface area contributed by atoms with Crippen LogP contribution >= 0.6 is 0 Å². The molecule has 2 aliphatic rings. The lowest BCUT2D eigenvalue weighted by atomic mass is 10.2. The Kier molecular flexibility index (Phi) is 11.9. The van der Waals surface area contributed by atoms with Gasteiger partial charge in [0.25, 0.3) is 0 Å². The number of unbranched alkanes of at least 4 members (excludes halogenated alkanes) is 2. The Hall–Kier alpha value is -0.160. The first-order valence-electron chi connectivity index (χ1n) is 12.0. The quantitative estimate of drug-likeness (QED) is 0.250. The lowest BCUT2D eigenvalue weighted by molar-refractivity contribution is 0.251. The van der Waals surface area contributed by atoms with Crippen LogP contribution in [-0.2, 0) is 0 Å². The maximum atomic E-state index is 2.66. The van der Waals surface area contributed by atoms with Crippen molar-refractivity contribution in [2.45, 2.75) is 64.7 Å². The van der Waals surface area contributed by atoms with Gasteiger partial charge in [-0.2, -0.15) is 0 Å². The molecule has 2 fully saturated rings. The molecule has 0 amide bonds. The fourth-order valence-corrected chi connectivity index (χ4v) is 4.00. The van der Waals surface area contributed by atoms with Crippen LogP contribution in [0.1, 0.15) is 64.7 Å². The first-order chi connectivity index (χ1) is 13.2. The van der Waals surface area contributed by atoms with Crippen LogP contribution in [-0.4, -0.2) is 99.1 Å². The van der Waals surface area contributed by atoms with Crippen molar-refractivity contribution in [1.29, 1.82) is 0 Å². The molecule has 0 unspecified atom stereocenters. The maximum absolute atomic E-state index is 2.66. The molecule has 1 saturated carbocycles. The van der Waals surface area contributed by atoms with Crippen molar-refractivity contribution < 1.29 is 0 Å². The van der Waals surface area contributed by atoms with Crippen molar-refractivity contribution in [2.24, 2.45) is 5.92 Å². The molecule has 2 rings (SSSR count). The molecule has 0 radical (unpaired) electrons. The van der Waals surface area contributed by atoms with Crippen molar-refractivity contribution in [1.82, 2.24) is 19.6 Å². The predicted molar refractivity (Wildman–Crippen MR) is 119 cm³/mol. The number of nitrogens with zero attached hydrogens (tertiary/aromatic N) is 4. The van der Waals surface area contributed by atoms with Gasteiger partial charge in [-0.3, -0.25) is 0 Å². The van der Waals surface area contributed by atoms with Crippen LogP contribution in [0.4, 0.5) is 0 Å². The molecule has 27 heavy (non-hydrogen) atoms. The van der Waals surface area contributed by atoms with Crippen molar-refractivity contribution in [3.63, 3.8) is 0 Å². The van der Waals surface area contributed by atoms with E-state index >= 15 is 0 Å². The summed E-state index contributed by atoms with van der Waals surface area (Å²) >= 11 is 0. The van der Waals surface area contributed by atoms with Gasteiger partial charge in [0.05, 0.1) is 0 Å². The highest BCUT2D eigenvalue weighted by molar-refractivity contribution is 4.73. The van der Waals surface area contributed by atoms with Gasteiger partial charge in [-0.25, -0.2) is 0 Å². The summed E-state index contributed by atoms with van der Waals surface area (Å²) in [5.74, 6) is 1.09. The molecule has 0 atom stereocenters. The Morgan fingerprint density at radius 1 is 0.704 bits per heavy atom. The highest BCUT2D eigenvalue weighted by Gasteiger charge is 2.20. The zero-order valence-electron chi connectivity index (χ0n) is 18.8. The third-order valence-electron chi connectivity index (χ3n) is 6.38. The Bertz CT molecular complexity index is 322. The Labute approximate surface area is 170 Å². The Morgan fingerprint density at radius 3 is 1.74 bits per heavy atom. The van der Waals surface area contributed by atoms with Gasteiger partial charge >= 0.3 is 0 Å². The van der Waals surface area contributed by atoms with Gasteiger partial charge in [0.2, 0.25) is 0 Å². The summed E-state index contributed by atoms with van der Waals surface area (Å²) in [6.07, 6.45) is 12.7. The normalized spacial score (nSPS) is 17.6. The van der Waals surface area contributed by atoms with E-state index in [4.69, 9.17) is 0 Å². The fourth-order valence-electron chi connectivity index (χ4n) is 4.00. The summed E-state index contributed by atoms with van der Waals surface area (Å²) in [7, 11) is 4.60. The third-order valence-corrected chi connectivity index (χ3v) is 6.38. The Balaban J connectivity index is 1.36. The molecule has 0 spiro atoms. The van der Waals surface area contributed by atoms with Gasteiger partial charge in [-0.1, -0.05) is 19.8 Å². The molecular weight excluding hydrogens is 332 g/mol. The first-order valence-corrected chi connectivity index (χ1v) is 12.0. The smallest absolute Gasteiger partial charge is 0.0110 e. The molecule has 0 bridgehead atoms. The van der Waals surface area contributed by atoms with Crippen molar-refractivity contribution in [3.8, 4) is 0 Å². The molecular formula is C23H48N4. The molecule has 0 aromatic rings. The van der Waals surface area contributed by atoms with Crippen LogP contribution < -0.4 is 0 Å². The van der Waals surface area contributed by atoms with Crippen molar-refractivity contribution >= 4 is 0 Å². The molecule has 0 aromatic heterocycles. The van der Waals surface area contributed by atoms with E-state index in [1.54, 1.807) is 0 Å². The van der Waals surface area contributed by atoms with E-state index in [0.717, 1.165) is 5.92 Å². The Morgan fingerprint density at radius 2 is 1.22 bits per heavy atom. The second kappa shape index (κ2) is 13.9. The fraction of sp³-hybridized carbons (Fsp3) is 1.00. The maximum Gasteiger partial charge on any atom is 0.0110 e. The van der Waals surface area contributed by atoms with Crippen molar-refractivity contribution in [3.05, 3.63) is 0 Å². The minimum atomic E-state index is 1.09. The standard InChI is InChI=1S/C23H48N4/c1-4-26(18-7-5-14-24(2)16-9-11-23-12-13-23)19-8-6-15-25(3)17-10-20-27-21-22-27/h23H,4-22H2,1-3H3. The molecule has 1 heterocycles. The van der Waals surface area contributed by atoms with Crippen molar-refractivity contribution in [2.75, 3.05) is 79.5 Å². The number of hydrogen-bond donors (Lipinski definition) is 0. The average Bonchev–Trinajstić information content (AvgIpc) is 3.55. The monoisotopic (exact) mass is 380 g/mol. The van der Waals surface area contributed by atoms with Crippen LogP contribution in [0.3, 0.4) is 0 Å². The van der Waals surface area contributed by atoms with E-state index < -0.39 is 0 Å².